The molecule has 1 aromatic carbocycles. The smallest absolute Gasteiger partial charge is 0.251 e. The Morgan fingerprint density at radius 2 is 2.00 bits per heavy atom. The molecule has 0 saturated carbocycles. The van der Waals surface area contributed by atoms with E-state index in [1.807, 2.05) is 29.8 Å². The summed E-state index contributed by atoms with van der Waals surface area (Å²) >= 11 is 0. The number of nitrogens with zero attached hydrogens (tertiary/aromatic N) is 2. The Hall–Kier alpha value is -1.56. The van der Waals surface area contributed by atoms with Gasteiger partial charge < -0.3 is 15.6 Å². The molecule has 2 aromatic rings. The second-order valence-corrected chi connectivity index (χ2v) is 4.54. The zero-order valence-corrected chi connectivity index (χ0v) is 13.4. The Morgan fingerprint density at radius 3 is 2.52 bits per heavy atom. The Kier molecular flexibility index (Phi) is 8.69. The maximum Gasteiger partial charge on any atom is 0.251 e. The van der Waals surface area contributed by atoms with Crippen LogP contribution in [0.2, 0.25) is 0 Å². The first-order valence-electron chi connectivity index (χ1n) is 6.24. The lowest BCUT2D eigenvalue weighted by Crippen LogP contribution is -2.35. The molecular formula is C14H20Cl2N4O. The van der Waals surface area contributed by atoms with Gasteiger partial charge in [0.25, 0.3) is 5.91 Å². The molecule has 0 aliphatic rings. The van der Waals surface area contributed by atoms with Crippen molar-refractivity contribution in [3.8, 4) is 0 Å². The zero-order valence-electron chi connectivity index (χ0n) is 11.7. The van der Waals surface area contributed by atoms with E-state index in [4.69, 9.17) is 5.73 Å². The number of nitrogens with two attached hydrogens (primary N) is 1. The molecule has 21 heavy (non-hydrogen) atoms. The van der Waals surface area contributed by atoms with Crippen molar-refractivity contribution in [1.29, 1.82) is 0 Å². The Bertz CT molecular complexity index is 528. The number of imidazole rings is 1. The summed E-state index contributed by atoms with van der Waals surface area (Å²) in [6.07, 6.45) is 5.33. The van der Waals surface area contributed by atoms with Crippen molar-refractivity contribution in [2.75, 3.05) is 0 Å². The van der Waals surface area contributed by atoms with Gasteiger partial charge in [0.05, 0.1) is 6.33 Å². The van der Waals surface area contributed by atoms with Crippen molar-refractivity contribution >= 4 is 30.7 Å². The highest BCUT2D eigenvalue weighted by molar-refractivity contribution is 5.94. The molecule has 1 atom stereocenters. The molecule has 1 amide bonds. The van der Waals surface area contributed by atoms with Crippen molar-refractivity contribution < 1.29 is 4.79 Å². The molecule has 7 heteroatoms. The predicted molar refractivity (Wildman–Crippen MR) is 88.0 cm³/mol. The van der Waals surface area contributed by atoms with Crippen molar-refractivity contribution in [3.05, 3.63) is 54.1 Å². The molecule has 3 N–H and O–H groups in total. The monoisotopic (exact) mass is 330 g/mol. The predicted octanol–water partition coefficient (Wildman–Crippen LogP) is 2.00. The highest BCUT2D eigenvalue weighted by Gasteiger charge is 2.09. The molecule has 2 rings (SSSR count). The number of rotatable bonds is 5. The summed E-state index contributed by atoms with van der Waals surface area (Å²) in [5, 5.41) is 2.95. The van der Waals surface area contributed by atoms with Gasteiger partial charge in [-0.25, -0.2) is 4.98 Å². The van der Waals surface area contributed by atoms with Crippen LogP contribution in [0.5, 0.6) is 0 Å². The first kappa shape index (κ1) is 19.4. The van der Waals surface area contributed by atoms with E-state index in [9.17, 15) is 4.79 Å². The SMILES string of the molecule is CC(Cn1ccnc1)NC(=O)c1ccc(CN)cc1.Cl.Cl. The number of benzene rings is 1. The number of hydrogen-bond donors (Lipinski definition) is 2. The summed E-state index contributed by atoms with van der Waals surface area (Å²) in [4.78, 5) is 16.0. The number of nitrogens with one attached hydrogen (secondary N) is 1. The number of aromatic nitrogens is 2. The third kappa shape index (κ3) is 5.75. The molecule has 0 fully saturated rings. The van der Waals surface area contributed by atoms with E-state index < -0.39 is 0 Å². The van der Waals surface area contributed by atoms with Crippen LogP contribution in [-0.2, 0) is 13.1 Å². The van der Waals surface area contributed by atoms with Crippen molar-refractivity contribution in [2.45, 2.75) is 26.1 Å². The van der Waals surface area contributed by atoms with Crippen LogP contribution >= 0.6 is 24.8 Å². The zero-order chi connectivity index (χ0) is 13.7. The number of carbonyl (C=O) groups is 1. The molecule has 1 aromatic heterocycles. The van der Waals surface area contributed by atoms with Crippen LogP contribution in [0.25, 0.3) is 0 Å². The minimum absolute atomic E-state index is 0. The van der Waals surface area contributed by atoms with E-state index in [1.54, 1.807) is 24.7 Å². The van der Waals surface area contributed by atoms with Gasteiger partial charge in [-0.15, -0.1) is 24.8 Å². The summed E-state index contributed by atoms with van der Waals surface area (Å²) in [5.74, 6) is -0.0730. The largest absolute Gasteiger partial charge is 0.348 e. The molecule has 1 heterocycles. The average Bonchev–Trinajstić information content (AvgIpc) is 2.91. The van der Waals surface area contributed by atoms with Gasteiger partial charge in [-0.05, 0) is 24.6 Å². The summed E-state index contributed by atoms with van der Waals surface area (Å²) < 4.78 is 1.93. The van der Waals surface area contributed by atoms with Gasteiger partial charge in [-0.3, -0.25) is 4.79 Å². The lowest BCUT2D eigenvalue weighted by molar-refractivity contribution is 0.0936. The molecule has 0 bridgehead atoms. The lowest BCUT2D eigenvalue weighted by Gasteiger charge is -2.14. The minimum atomic E-state index is -0.0730. The van der Waals surface area contributed by atoms with E-state index in [0.717, 1.165) is 5.56 Å². The molecule has 5 nitrogen and oxygen atoms in total. The second kappa shape index (κ2) is 9.39. The topological polar surface area (TPSA) is 72.9 Å². The van der Waals surface area contributed by atoms with Crippen LogP contribution in [0.15, 0.2) is 43.0 Å². The molecule has 0 saturated heterocycles. The van der Waals surface area contributed by atoms with Crippen LogP contribution in [0, 0.1) is 0 Å². The van der Waals surface area contributed by atoms with E-state index in [1.165, 1.54) is 0 Å². The maximum atomic E-state index is 12.0. The van der Waals surface area contributed by atoms with Gasteiger partial charge in [0.1, 0.15) is 0 Å². The lowest BCUT2D eigenvalue weighted by atomic mass is 10.1. The molecule has 0 spiro atoms. The standard InChI is InChI=1S/C14H18N4O.2ClH/c1-11(9-18-7-6-16-10-18)17-14(19)13-4-2-12(8-15)3-5-13;;/h2-7,10-11H,8-9,15H2,1H3,(H,17,19);2*1H. The summed E-state index contributed by atoms with van der Waals surface area (Å²) in [7, 11) is 0. The van der Waals surface area contributed by atoms with Gasteiger partial charge in [-0.1, -0.05) is 12.1 Å². The fourth-order valence-electron chi connectivity index (χ4n) is 1.86. The van der Waals surface area contributed by atoms with Gasteiger partial charge in [0.15, 0.2) is 0 Å². The molecule has 116 valence electrons. The van der Waals surface area contributed by atoms with Gasteiger partial charge in [0, 0.05) is 37.1 Å². The third-order valence-corrected chi connectivity index (χ3v) is 2.87. The van der Waals surface area contributed by atoms with Gasteiger partial charge in [0.2, 0.25) is 0 Å². The average molecular weight is 331 g/mol. The van der Waals surface area contributed by atoms with Crippen LogP contribution in [0.3, 0.4) is 0 Å². The number of amides is 1. The molecule has 0 radical (unpaired) electrons. The highest BCUT2D eigenvalue weighted by atomic mass is 35.5. The van der Waals surface area contributed by atoms with Crippen LogP contribution in [0.1, 0.15) is 22.8 Å². The Balaban J connectivity index is 0.00000200. The normalized spacial score (nSPS) is 11.0. The summed E-state index contributed by atoms with van der Waals surface area (Å²) in [5.41, 5.74) is 7.19. The van der Waals surface area contributed by atoms with E-state index >= 15 is 0 Å². The third-order valence-electron chi connectivity index (χ3n) is 2.87. The quantitative estimate of drug-likeness (QED) is 0.880. The first-order chi connectivity index (χ1) is 9.19. The van der Waals surface area contributed by atoms with Crippen LogP contribution in [-0.4, -0.2) is 21.5 Å². The molecule has 0 aliphatic carbocycles. The Morgan fingerprint density at radius 1 is 1.33 bits per heavy atom. The van der Waals surface area contributed by atoms with Crippen molar-refractivity contribution in [1.82, 2.24) is 14.9 Å². The summed E-state index contributed by atoms with van der Waals surface area (Å²) in [6, 6.07) is 7.37. The second-order valence-electron chi connectivity index (χ2n) is 4.54. The number of halogens is 2. The van der Waals surface area contributed by atoms with Crippen LogP contribution < -0.4 is 11.1 Å². The van der Waals surface area contributed by atoms with E-state index in [2.05, 4.69) is 10.3 Å². The van der Waals surface area contributed by atoms with Crippen molar-refractivity contribution in [3.63, 3.8) is 0 Å². The van der Waals surface area contributed by atoms with Crippen molar-refractivity contribution in [2.24, 2.45) is 5.73 Å². The molecular weight excluding hydrogens is 311 g/mol. The fourth-order valence-corrected chi connectivity index (χ4v) is 1.86. The van der Waals surface area contributed by atoms with E-state index in [-0.39, 0.29) is 36.8 Å². The number of carbonyl (C=O) groups excluding carboxylic acids is 1. The summed E-state index contributed by atoms with van der Waals surface area (Å²) in [6.45, 7) is 3.15. The number of hydrogen-bond acceptors (Lipinski definition) is 3. The molecule has 0 aliphatic heterocycles. The van der Waals surface area contributed by atoms with Gasteiger partial charge >= 0.3 is 0 Å². The molecule has 1 unspecified atom stereocenters. The first-order valence-corrected chi connectivity index (χ1v) is 6.24. The van der Waals surface area contributed by atoms with Gasteiger partial charge in [-0.2, -0.15) is 0 Å². The van der Waals surface area contributed by atoms with E-state index in [0.29, 0.717) is 18.7 Å². The fraction of sp³-hybridized carbons (Fsp3) is 0.286. The maximum absolute atomic E-state index is 12.0. The van der Waals surface area contributed by atoms with Crippen LogP contribution in [0.4, 0.5) is 0 Å². The Labute approximate surface area is 136 Å². The minimum Gasteiger partial charge on any atom is -0.348 e. The highest BCUT2D eigenvalue weighted by Crippen LogP contribution is 2.04.